The number of halogens is 1. The molecule has 0 bridgehead atoms. The molecule has 0 aliphatic heterocycles. The number of rotatable bonds is 2. The van der Waals surface area contributed by atoms with Gasteiger partial charge in [0, 0.05) is 6.61 Å². The lowest BCUT2D eigenvalue weighted by Gasteiger charge is -2.00. The first kappa shape index (κ1) is 8.96. The van der Waals surface area contributed by atoms with E-state index < -0.39 is 11.5 Å². The first-order chi connectivity index (χ1) is 6.72. The Morgan fingerprint density at radius 1 is 1.36 bits per heavy atom. The zero-order chi connectivity index (χ0) is 10.1. The molecule has 0 saturated heterocycles. The van der Waals surface area contributed by atoms with Gasteiger partial charge >= 0.3 is 5.69 Å². The Morgan fingerprint density at radius 2 is 2.14 bits per heavy atom. The first-order valence-electron chi connectivity index (χ1n) is 4.22. The van der Waals surface area contributed by atoms with Crippen molar-refractivity contribution in [2.24, 2.45) is 0 Å². The molecule has 0 atom stereocenters. The van der Waals surface area contributed by atoms with Gasteiger partial charge in [0.25, 0.3) is 0 Å². The fourth-order valence-corrected chi connectivity index (χ4v) is 1.43. The Bertz CT molecular complexity index is 515. The van der Waals surface area contributed by atoms with Crippen LogP contribution in [0.5, 0.6) is 0 Å². The van der Waals surface area contributed by atoms with Crippen LogP contribution in [0.3, 0.4) is 0 Å². The summed E-state index contributed by atoms with van der Waals surface area (Å²) in [6.07, 6.45) is 0.245. The number of imidazole rings is 1. The molecule has 74 valence electrons. The minimum Gasteiger partial charge on any atom is -0.396 e. The van der Waals surface area contributed by atoms with E-state index in [1.54, 1.807) is 12.1 Å². The lowest BCUT2D eigenvalue weighted by molar-refractivity contribution is 0.298. The Kier molecular flexibility index (Phi) is 2.09. The van der Waals surface area contributed by atoms with Crippen LogP contribution in [0.4, 0.5) is 4.39 Å². The number of H-pyrrole nitrogens is 2. The normalized spacial score (nSPS) is 11.0. The maximum Gasteiger partial charge on any atom is 0.323 e. The van der Waals surface area contributed by atoms with Gasteiger partial charge < -0.3 is 15.1 Å². The molecule has 1 aromatic heterocycles. The van der Waals surface area contributed by atoms with Gasteiger partial charge in [0.1, 0.15) is 5.52 Å². The fourth-order valence-electron chi connectivity index (χ4n) is 1.43. The van der Waals surface area contributed by atoms with Crippen molar-refractivity contribution in [3.8, 4) is 0 Å². The molecular formula is C9H9FN2O2. The molecule has 0 saturated carbocycles. The molecule has 1 aromatic carbocycles. The second-order valence-corrected chi connectivity index (χ2v) is 3.01. The van der Waals surface area contributed by atoms with Gasteiger partial charge in [-0.3, -0.25) is 0 Å². The highest BCUT2D eigenvalue weighted by Gasteiger charge is 2.08. The maximum atomic E-state index is 13.6. The van der Waals surface area contributed by atoms with Gasteiger partial charge in [0.15, 0.2) is 5.82 Å². The van der Waals surface area contributed by atoms with Crippen molar-refractivity contribution in [3.05, 3.63) is 34.0 Å². The maximum absolute atomic E-state index is 13.6. The van der Waals surface area contributed by atoms with E-state index in [0.717, 1.165) is 0 Å². The monoisotopic (exact) mass is 196 g/mol. The number of aromatic amines is 2. The van der Waals surface area contributed by atoms with Crippen molar-refractivity contribution in [2.45, 2.75) is 6.42 Å². The number of benzene rings is 1. The van der Waals surface area contributed by atoms with Gasteiger partial charge in [0.05, 0.1) is 5.52 Å². The Morgan fingerprint density at radius 3 is 2.86 bits per heavy atom. The summed E-state index contributed by atoms with van der Waals surface area (Å²) >= 11 is 0. The molecule has 0 radical (unpaired) electrons. The van der Waals surface area contributed by atoms with E-state index in [2.05, 4.69) is 9.97 Å². The van der Waals surface area contributed by atoms with Crippen LogP contribution in [-0.4, -0.2) is 21.7 Å². The molecule has 0 aliphatic rings. The highest BCUT2D eigenvalue weighted by molar-refractivity contribution is 5.75. The average molecular weight is 196 g/mol. The lowest BCUT2D eigenvalue weighted by Crippen LogP contribution is -2.00. The van der Waals surface area contributed by atoms with Crippen LogP contribution >= 0.6 is 0 Å². The number of hydrogen-bond acceptors (Lipinski definition) is 2. The van der Waals surface area contributed by atoms with Crippen LogP contribution in [0.25, 0.3) is 11.0 Å². The number of hydrogen-bond donors (Lipinski definition) is 3. The summed E-state index contributed by atoms with van der Waals surface area (Å²) in [4.78, 5) is 15.7. The molecule has 2 aromatic rings. The molecule has 0 aliphatic carbocycles. The molecule has 3 N–H and O–H groups in total. The molecule has 14 heavy (non-hydrogen) atoms. The zero-order valence-corrected chi connectivity index (χ0v) is 7.30. The van der Waals surface area contributed by atoms with E-state index in [-0.39, 0.29) is 18.5 Å². The molecule has 0 fully saturated rings. The summed E-state index contributed by atoms with van der Waals surface area (Å²) in [5.41, 5.74) is 0.574. The highest BCUT2D eigenvalue weighted by Crippen LogP contribution is 2.16. The molecule has 0 spiro atoms. The number of fused-ring (bicyclic) bond motifs is 1. The van der Waals surface area contributed by atoms with Gasteiger partial charge in [-0.2, -0.15) is 0 Å². The molecule has 5 heteroatoms. The minimum atomic E-state index is -0.477. The molecule has 1 heterocycles. The van der Waals surface area contributed by atoms with E-state index in [4.69, 9.17) is 5.11 Å². The van der Waals surface area contributed by atoms with Crippen molar-refractivity contribution in [2.75, 3.05) is 6.61 Å². The van der Waals surface area contributed by atoms with Crippen molar-refractivity contribution < 1.29 is 9.50 Å². The van der Waals surface area contributed by atoms with E-state index in [1.165, 1.54) is 0 Å². The highest BCUT2D eigenvalue weighted by atomic mass is 19.1. The summed E-state index contributed by atoms with van der Waals surface area (Å²) in [5, 5.41) is 8.68. The van der Waals surface area contributed by atoms with Crippen molar-refractivity contribution in [1.82, 2.24) is 9.97 Å². The topological polar surface area (TPSA) is 68.9 Å². The van der Waals surface area contributed by atoms with Crippen LogP contribution in [-0.2, 0) is 6.42 Å². The Hall–Kier alpha value is -1.62. The van der Waals surface area contributed by atoms with E-state index in [9.17, 15) is 9.18 Å². The largest absolute Gasteiger partial charge is 0.396 e. The summed E-state index contributed by atoms with van der Waals surface area (Å²) in [5.74, 6) is -0.477. The van der Waals surface area contributed by atoms with Crippen molar-refractivity contribution in [3.63, 3.8) is 0 Å². The predicted octanol–water partition coefficient (Wildman–Crippen LogP) is 0.530. The van der Waals surface area contributed by atoms with Crippen molar-refractivity contribution >= 4 is 11.0 Å². The fraction of sp³-hybridized carbons (Fsp3) is 0.222. The van der Waals surface area contributed by atoms with Crippen LogP contribution in [0.2, 0.25) is 0 Å². The predicted molar refractivity (Wildman–Crippen MR) is 49.7 cm³/mol. The quantitative estimate of drug-likeness (QED) is 0.655. The minimum absolute atomic E-state index is 0.114. The number of aromatic nitrogens is 2. The Labute approximate surface area is 78.4 Å². The van der Waals surface area contributed by atoms with Gasteiger partial charge in [-0.25, -0.2) is 9.18 Å². The third-order valence-corrected chi connectivity index (χ3v) is 2.09. The van der Waals surface area contributed by atoms with Gasteiger partial charge in [-0.1, -0.05) is 6.07 Å². The number of nitrogens with one attached hydrogen (secondary N) is 2. The molecule has 0 unspecified atom stereocenters. The summed E-state index contributed by atoms with van der Waals surface area (Å²) in [7, 11) is 0. The molecular weight excluding hydrogens is 187 g/mol. The first-order valence-corrected chi connectivity index (χ1v) is 4.22. The summed E-state index contributed by atoms with van der Waals surface area (Å²) in [6, 6.07) is 3.17. The lowest BCUT2D eigenvalue weighted by atomic mass is 10.1. The van der Waals surface area contributed by atoms with Crippen LogP contribution in [0, 0.1) is 5.82 Å². The number of aliphatic hydroxyl groups is 1. The third kappa shape index (κ3) is 1.31. The smallest absolute Gasteiger partial charge is 0.323 e. The molecule has 4 nitrogen and oxygen atoms in total. The van der Waals surface area contributed by atoms with E-state index in [0.29, 0.717) is 11.1 Å². The van der Waals surface area contributed by atoms with Crippen LogP contribution < -0.4 is 5.69 Å². The van der Waals surface area contributed by atoms with Gasteiger partial charge in [-0.05, 0) is 18.1 Å². The standard InChI is InChI=1S/C9H9FN2O2/c10-7-5(3-4-13)1-2-6-8(7)12-9(14)11-6/h1-2,13H,3-4H2,(H2,11,12,14). The summed E-state index contributed by atoms with van der Waals surface area (Å²) < 4.78 is 13.6. The molecule has 2 rings (SSSR count). The second-order valence-electron chi connectivity index (χ2n) is 3.01. The summed E-state index contributed by atoms with van der Waals surface area (Å²) in [6.45, 7) is -0.114. The van der Waals surface area contributed by atoms with E-state index in [1.807, 2.05) is 0 Å². The van der Waals surface area contributed by atoms with E-state index >= 15 is 0 Å². The second kappa shape index (κ2) is 3.26. The van der Waals surface area contributed by atoms with Crippen molar-refractivity contribution in [1.29, 1.82) is 0 Å². The molecule has 0 amide bonds. The SMILES string of the molecule is O=c1[nH]c2ccc(CCO)c(F)c2[nH]1. The number of aliphatic hydroxyl groups excluding tert-OH is 1. The van der Waals surface area contributed by atoms with Crippen LogP contribution in [0.1, 0.15) is 5.56 Å². The average Bonchev–Trinajstić information content (AvgIpc) is 2.52. The van der Waals surface area contributed by atoms with Gasteiger partial charge in [0.2, 0.25) is 0 Å². The third-order valence-electron chi connectivity index (χ3n) is 2.09. The zero-order valence-electron chi connectivity index (χ0n) is 7.30. The van der Waals surface area contributed by atoms with Crippen LogP contribution in [0.15, 0.2) is 16.9 Å². The Balaban J connectivity index is 2.67. The van der Waals surface area contributed by atoms with Gasteiger partial charge in [-0.15, -0.1) is 0 Å².